The van der Waals surface area contributed by atoms with Crippen LogP contribution in [0.2, 0.25) is 0 Å². The Morgan fingerprint density at radius 2 is 1.67 bits per heavy atom. The first-order valence-corrected chi connectivity index (χ1v) is 10.6. The predicted octanol–water partition coefficient (Wildman–Crippen LogP) is 0.960. The van der Waals surface area contributed by atoms with Gasteiger partial charge in [-0.05, 0) is 50.8 Å². The molecule has 0 bridgehead atoms. The van der Waals surface area contributed by atoms with Crippen molar-refractivity contribution in [2.45, 2.75) is 43.6 Å². The van der Waals surface area contributed by atoms with E-state index in [1.807, 2.05) is 0 Å². The molecule has 2 fully saturated rings. The van der Waals surface area contributed by atoms with Crippen LogP contribution in [0.25, 0.3) is 0 Å². The fourth-order valence-corrected chi connectivity index (χ4v) is 5.02. The number of ether oxygens (including phenoxy) is 1. The zero-order valence-corrected chi connectivity index (χ0v) is 16.2. The number of sulfonamides is 1. The van der Waals surface area contributed by atoms with E-state index in [2.05, 4.69) is 0 Å². The van der Waals surface area contributed by atoms with Crippen LogP contribution in [-0.2, 0) is 14.8 Å². The Balaban J connectivity index is 1.83. The lowest BCUT2D eigenvalue weighted by Gasteiger charge is -2.22. The molecular weight excluding hydrogens is 370 g/mol. The fourth-order valence-electron chi connectivity index (χ4n) is 3.48. The molecule has 9 heteroatoms. The summed E-state index contributed by atoms with van der Waals surface area (Å²) in [5, 5.41) is 0. The second-order valence-electron chi connectivity index (χ2n) is 6.93. The molecule has 2 heterocycles. The highest BCUT2D eigenvalue weighted by Crippen LogP contribution is 2.27. The molecule has 2 aliphatic heterocycles. The summed E-state index contributed by atoms with van der Waals surface area (Å²) in [5.41, 5.74) is 5.39. The van der Waals surface area contributed by atoms with Gasteiger partial charge in [0.1, 0.15) is 5.75 Å². The normalized spacial score (nSPS) is 19.2. The average Bonchev–Trinajstić information content (AvgIpc) is 3.34. The summed E-state index contributed by atoms with van der Waals surface area (Å²) in [7, 11) is -3.67. The average molecular weight is 395 g/mol. The van der Waals surface area contributed by atoms with Gasteiger partial charge in [-0.15, -0.1) is 0 Å². The Labute approximate surface area is 159 Å². The number of carbonyl (C=O) groups excluding carboxylic acids is 2. The van der Waals surface area contributed by atoms with E-state index >= 15 is 0 Å². The molecule has 2 saturated heterocycles. The summed E-state index contributed by atoms with van der Waals surface area (Å²) < 4.78 is 32.5. The maximum Gasteiger partial charge on any atom is 0.263 e. The van der Waals surface area contributed by atoms with E-state index in [-0.39, 0.29) is 22.1 Å². The first-order chi connectivity index (χ1) is 12.8. The SMILES string of the molecule is C[C@H](Oc1ccc(S(=O)(=O)N2CCCC2)cc1C(N)=O)C(=O)N1CCCC1. The molecule has 1 aromatic rings. The van der Waals surface area contributed by atoms with Gasteiger partial charge in [-0.1, -0.05) is 0 Å². The molecule has 2 aliphatic rings. The van der Waals surface area contributed by atoms with Crippen LogP contribution in [0, 0.1) is 0 Å². The summed E-state index contributed by atoms with van der Waals surface area (Å²) in [6.45, 7) is 3.94. The number of primary amides is 1. The van der Waals surface area contributed by atoms with Crippen LogP contribution in [0.3, 0.4) is 0 Å². The molecule has 3 rings (SSSR count). The van der Waals surface area contributed by atoms with Gasteiger partial charge in [0.2, 0.25) is 10.0 Å². The standard InChI is InChI=1S/C18H25N3O5S/c1-13(18(23)20-8-2-3-9-20)26-16-7-6-14(12-15(16)17(19)22)27(24,25)21-10-4-5-11-21/h6-7,12-13H,2-5,8-11H2,1H3,(H2,19,22)/t13-/m0/s1. The highest BCUT2D eigenvalue weighted by molar-refractivity contribution is 7.89. The number of amides is 2. The van der Waals surface area contributed by atoms with Crippen molar-refractivity contribution in [1.82, 2.24) is 9.21 Å². The Morgan fingerprint density at radius 3 is 2.26 bits per heavy atom. The second kappa shape index (κ2) is 7.85. The zero-order chi connectivity index (χ0) is 19.6. The van der Waals surface area contributed by atoms with Crippen molar-refractivity contribution in [2.75, 3.05) is 26.2 Å². The van der Waals surface area contributed by atoms with Crippen LogP contribution in [0.5, 0.6) is 5.75 Å². The number of hydrogen-bond acceptors (Lipinski definition) is 5. The molecule has 0 aliphatic carbocycles. The highest BCUT2D eigenvalue weighted by atomic mass is 32.2. The summed E-state index contributed by atoms with van der Waals surface area (Å²) in [6, 6.07) is 4.03. The lowest BCUT2D eigenvalue weighted by Crippen LogP contribution is -2.38. The van der Waals surface area contributed by atoms with Gasteiger partial charge >= 0.3 is 0 Å². The summed E-state index contributed by atoms with van der Waals surface area (Å²) in [5.74, 6) is -0.844. The van der Waals surface area contributed by atoms with Gasteiger partial charge in [0.25, 0.3) is 11.8 Å². The van der Waals surface area contributed by atoms with Gasteiger partial charge in [-0.25, -0.2) is 8.42 Å². The van der Waals surface area contributed by atoms with Crippen LogP contribution in [0.4, 0.5) is 0 Å². The number of carbonyl (C=O) groups is 2. The molecule has 2 N–H and O–H groups in total. The van der Waals surface area contributed by atoms with Crippen molar-refractivity contribution < 1.29 is 22.7 Å². The molecule has 2 amide bonds. The summed E-state index contributed by atoms with van der Waals surface area (Å²) in [4.78, 5) is 26.0. The lowest BCUT2D eigenvalue weighted by molar-refractivity contribution is -0.136. The molecule has 1 atom stereocenters. The van der Waals surface area contributed by atoms with Crippen molar-refractivity contribution >= 4 is 21.8 Å². The third kappa shape index (κ3) is 4.08. The zero-order valence-electron chi connectivity index (χ0n) is 15.4. The van der Waals surface area contributed by atoms with E-state index in [0.717, 1.165) is 25.7 Å². The quantitative estimate of drug-likeness (QED) is 0.771. The van der Waals surface area contributed by atoms with Gasteiger partial charge in [0, 0.05) is 26.2 Å². The van der Waals surface area contributed by atoms with E-state index < -0.39 is 22.0 Å². The van der Waals surface area contributed by atoms with Gasteiger partial charge in [-0.3, -0.25) is 9.59 Å². The Bertz CT molecular complexity index is 827. The smallest absolute Gasteiger partial charge is 0.263 e. The Kier molecular flexibility index (Phi) is 5.71. The van der Waals surface area contributed by atoms with Gasteiger partial charge in [0.15, 0.2) is 6.10 Å². The second-order valence-corrected chi connectivity index (χ2v) is 8.86. The predicted molar refractivity (Wildman–Crippen MR) is 98.9 cm³/mol. The van der Waals surface area contributed by atoms with Gasteiger partial charge in [0.05, 0.1) is 10.5 Å². The molecule has 0 saturated carbocycles. The van der Waals surface area contributed by atoms with E-state index in [1.165, 1.54) is 22.5 Å². The van der Waals surface area contributed by atoms with Crippen LogP contribution in [-0.4, -0.2) is 61.7 Å². The monoisotopic (exact) mass is 395 g/mol. The fraction of sp³-hybridized carbons (Fsp3) is 0.556. The van der Waals surface area contributed by atoms with E-state index in [1.54, 1.807) is 11.8 Å². The van der Waals surface area contributed by atoms with Crippen molar-refractivity contribution in [2.24, 2.45) is 5.73 Å². The molecule has 8 nitrogen and oxygen atoms in total. The van der Waals surface area contributed by atoms with Crippen molar-refractivity contribution in [3.8, 4) is 5.75 Å². The van der Waals surface area contributed by atoms with E-state index in [4.69, 9.17) is 10.5 Å². The minimum Gasteiger partial charge on any atom is -0.480 e. The lowest BCUT2D eigenvalue weighted by atomic mass is 10.2. The Morgan fingerprint density at radius 1 is 1.07 bits per heavy atom. The summed E-state index contributed by atoms with van der Waals surface area (Å²) >= 11 is 0. The number of nitrogens with zero attached hydrogens (tertiary/aromatic N) is 2. The minimum absolute atomic E-state index is 0.00377. The maximum atomic E-state index is 12.7. The topological polar surface area (TPSA) is 110 Å². The molecular formula is C18H25N3O5S. The number of hydrogen-bond donors (Lipinski definition) is 1. The molecule has 1 aromatic carbocycles. The molecule has 0 radical (unpaired) electrons. The van der Waals surface area contributed by atoms with E-state index in [9.17, 15) is 18.0 Å². The largest absolute Gasteiger partial charge is 0.480 e. The van der Waals surface area contributed by atoms with Crippen LogP contribution in [0.15, 0.2) is 23.1 Å². The minimum atomic E-state index is -3.67. The van der Waals surface area contributed by atoms with Crippen LogP contribution < -0.4 is 10.5 Å². The first kappa shape index (κ1) is 19.6. The molecule has 0 spiro atoms. The number of likely N-dealkylation sites (tertiary alicyclic amines) is 1. The number of nitrogens with two attached hydrogens (primary N) is 1. The molecule has 0 aromatic heterocycles. The van der Waals surface area contributed by atoms with Gasteiger partial charge < -0.3 is 15.4 Å². The molecule has 0 unspecified atom stereocenters. The van der Waals surface area contributed by atoms with E-state index in [0.29, 0.717) is 26.2 Å². The third-order valence-corrected chi connectivity index (χ3v) is 6.88. The maximum absolute atomic E-state index is 12.7. The highest BCUT2D eigenvalue weighted by Gasteiger charge is 2.30. The Hall–Kier alpha value is -2.13. The van der Waals surface area contributed by atoms with Gasteiger partial charge in [-0.2, -0.15) is 4.31 Å². The molecule has 27 heavy (non-hydrogen) atoms. The number of benzene rings is 1. The third-order valence-electron chi connectivity index (χ3n) is 4.99. The first-order valence-electron chi connectivity index (χ1n) is 9.20. The van der Waals surface area contributed by atoms with Crippen molar-refractivity contribution in [3.05, 3.63) is 23.8 Å². The van der Waals surface area contributed by atoms with Crippen LogP contribution in [0.1, 0.15) is 43.0 Å². The molecule has 148 valence electrons. The number of rotatable bonds is 6. The van der Waals surface area contributed by atoms with Crippen molar-refractivity contribution in [3.63, 3.8) is 0 Å². The van der Waals surface area contributed by atoms with Crippen molar-refractivity contribution in [1.29, 1.82) is 0 Å². The van der Waals surface area contributed by atoms with Crippen LogP contribution >= 0.6 is 0 Å². The summed E-state index contributed by atoms with van der Waals surface area (Å²) in [6.07, 6.45) is 2.78.